The Bertz CT molecular complexity index is 530. The Morgan fingerprint density at radius 1 is 1.19 bits per heavy atom. The third-order valence-electron chi connectivity index (χ3n) is 2.72. The van der Waals surface area contributed by atoms with E-state index in [2.05, 4.69) is 4.74 Å². The van der Waals surface area contributed by atoms with Gasteiger partial charge in [0.25, 0.3) is 0 Å². The zero-order valence-electron chi connectivity index (χ0n) is 11.9. The highest BCUT2D eigenvalue weighted by Gasteiger charge is 2.24. The predicted molar refractivity (Wildman–Crippen MR) is 68.6 cm³/mol. The molecule has 0 saturated carbocycles. The van der Waals surface area contributed by atoms with Crippen molar-refractivity contribution in [3.05, 3.63) is 34.9 Å². The van der Waals surface area contributed by atoms with Crippen molar-refractivity contribution in [2.45, 2.75) is 19.4 Å². The van der Waals surface area contributed by atoms with Crippen molar-refractivity contribution >= 4 is 11.9 Å². The van der Waals surface area contributed by atoms with Crippen LogP contribution in [0.25, 0.3) is 0 Å². The second-order valence-electron chi connectivity index (χ2n) is 4.33. The highest BCUT2D eigenvalue weighted by molar-refractivity contribution is 5.80. The maximum atomic E-state index is 13.6. The van der Waals surface area contributed by atoms with Crippen LogP contribution < -0.4 is 0 Å². The maximum Gasteiger partial charge on any atom is 0.349 e. The van der Waals surface area contributed by atoms with Crippen molar-refractivity contribution in [1.29, 1.82) is 0 Å². The molecule has 7 heteroatoms. The number of halogens is 2. The molecule has 1 rings (SSSR count). The molecule has 0 spiro atoms. The molecule has 0 heterocycles. The second-order valence-corrected chi connectivity index (χ2v) is 4.33. The first kappa shape index (κ1) is 17.0. The summed E-state index contributed by atoms with van der Waals surface area (Å²) in [5.74, 6) is -3.02. The highest BCUT2D eigenvalue weighted by atomic mass is 19.1. The van der Waals surface area contributed by atoms with Gasteiger partial charge in [-0.2, -0.15) is 0 Å². The van der Waals surface area contributed by atoms with E-state index in [0.29, 0.717) is 0 Å². The van der Waals surface area contributed by atoms with Gasteiger partial charge in [0.2, 0.25) is 6.10 Å². The molecule has 1 aromatic rings. The number of hydrogen-bond acceptors (Lipinski definition) is 5. The Kier molecular flexibility index (Phi) is 6.23. The van der Waals surface area contributed by atoms with Crippen LogP contribution in [0.5, 0.6) is 0 Å². The lowest BCUT2D eigenvalue weighted by atomic mass is 10.1. The van der Waals surface area contributed by atoms with Crippen LogP contribution in [0.3, 0.4) is 0 Å². The number of methoxy groups -OCH3 is 2. The molecule has 0 radical (unpaired) electrons. The summed E-state index contributed by atoms with van der Waals surface area (Å²) in [6.07, 6.45) is -1.74. The van der Waals surface area contributed by atoms with Crippen LogP contribution in [-0.2, 0) is 30.2 Å². The molecule has 0 saturated heterocycles. The maximum absolute atomic E-state index is 13.6. The average Bonchev–Trinajstić information content (AvgIpc) is 2.43. The second kappa shape index (κ2) is 7.68. The number of benzene rings is 1. The van der Waals surface area contributed by atoms with Crippen LogP contribution in [0.15, 0.2) is 12.1 Å². The lowest BCUT2D eigenvalue weighted by Crippen LogP contribution is -2.33. The molecule has 5 nitrogen and oxygen atoms in total. The van der Waals surface area contributed by atoms with Gasteiger partial charge in [-0.3, -0.25) is 4.79 Å². The molecule has 1 atom stereocenters. The first-order chi connectivity index (χ1) is 9.88. The molecular weight excluding hydrogens is 286 g/mol. The van der Waals surface area contributed by atoms with Gasteiger partial charge in [0.1, 0.15) is 11.6 Å². The molecule has 0 aliphatic heterocycles. The summed E-state index contributed by atoms with van der Waals surface area (Å²) >= 11 is 0. The first-order valence-electron chi connectivity index (χ1n) is 6.09. The van der Waals surface area contributed by atoms with Crippen LogP contribution >= 0.6 is 0 Å². The number of esters is 2. The molecule has 0 aliphatic rings. The monoisotopic (exact) mass is 302 g/mol. The van der Waals surface area contributed by atoms with E-state index in [-0.39, 0.29) is 17.7 Å². The van der Waals surface area contributed by atoms with E-state index in [1.54, 1.807) is 0 Å². The summed E-state index contributed by atoms with van der Waals surface area (Å²) in [7, 11) is 2.45. The minimum Gasteiger partial charge on any atom is -0.466 e. The predicted octanol–water partition coefficient (Wildman–Crippen LogP) is 1.55. The number of carbonyl (C=O) groups excluding carboxylic acids is 2. The van der Waals surface area contributed by atoms with E-state index in [4.69, 9.17) is 9.47 Å². The Hall–Kier alpha value is -2.02. The largest absolute Gasteiger partial charge is 0.466 e. The smallest absolute Gasteiger partial charge is 0.349 e. The molecular formula is C14H16F2O5. The number of aryl methyl sites for hydroxylation is 1. The topological polar surface area (TPSA) is 61.8 Å². The molecule has 116 valence electrons. The fraction of sp³-hybridized carbons (Fsp3) is 0.429. The number of carbonyl (C=O) groups is 2. The van der Waals surface area contributed by atoms with E-state index in [0.717, 1.165) is 19.2 Å². The number of hydrogen-bond donors (Lipinski definition) is 0. The van der Waals surface area contributed by atoms with E-state index in [1.807, 2.05) is 0 Å². The van der Waals surface area contributed by atoms with Gasteiger partial charge in [0, 0.05) is 12.7 Å². The third-order valence-corrected chi connectivity index (χ3v) is 2.72. The lowest BCUT2D eigenvalue weighted by molar-refractivity contribution is -0.169. The minimum atomic E-state index is -1.24. The van der Waals surface area contributed by atoms with Gasteiger partial charge >= 0.3 is 11.9 Å². The van der Waals surface area contributed by atoms with Crippen molar-refractivity contribution < 1.29 is 32.6 Å². The number of rotatable bonds is 6. The van der Waals surface area contributed by atoms with Crippen LogP contribution in [0.1, 0.15) is 11.1 Å². The first-order valence-corrected chi connectivity index (χ1v) is 6.09. The summed E-state index contributed by atoms with van der Waals surface area (Å²) in [5.41, 5.74) is -0.0134. The zero-order valence-corrected chi connectivity index (χ0v) is 11.9. The standard InChI is InChI=1S/C14H16F2O5/c1-8-4-11(16)9(5-10(8)15)6-13(17)21-12(7-19-2)14(18)20-3/h4-5,12H,6-7H2,1-3H3. The van der Waals surface area contributed by atoms with Gasteiger partial charge in [0.15, 0.2) is 0 Å². The average molecular weight is 302 g/mol. The fourth-order valence-corrected chi connectivity index (χ4v) is 1.61. The molecule has 21 heavy (non-hydrogen) atoms. The Balaban J connectivity index is 2.76. The summed E-state index contributed by atoms with van der Waals surface area (Å²) in [6.45, 7) is 1.22. The van der Waals surface area contributed by atoms with Gasteiger partial charge in [-0.15, -0.1) is 0 Å². The normalized spacial score (nSPS) is 11.9. The number of ether oxygens (including phenoxy) is 3. The SMILES string of the molecule is COCC(OC(=O)Cc1cc(F)c(C)cc1F)C(=O)OC. The van der Waals surface area contributed by atoms with Crippen molar-refractivity contribution in [2.24, 2.45) is 0 Å². The molecule has 1 unspecified atom stereocenters. The van der Waals surface area contributed by atoms with Crippen molar-refractivity contribution in [3.63, 3.8) is 0 Å². The summed E-state index contributed by atoms with van der Waals surface area (Å²) < 4.78 is 41.0. The van der Waals surface area contributed by atoms with Crippen LogP contribution in [0, 0.1) is 18.6 Å². The quantitative estimate of drug-likeness (QED) is 0.746. The van der Waals surface area contributed by atoms with Crippen molar-refractivity contribution in [1.82, 2.24) is 0 Å². The molecule has 1 aromatic carbocycles. The van der Waals surface area contributed by atoms with E-state index >= 15 is 0 Å². The van der Waals surface area contributed by atoms with E-state index < -0.39 is 36.1 Å². The molecule has 0 bridgehead atoms. The van der Waals surface area contributed by atoms with Crippen molar-refractivity contribution in [2.75, 3.05) is 20.8 Å². The molecule has 0 aliphatic carbocycles. The molecule has 0 amide bonds. The van der Waals surface area contributed by atoms with Gasteiger partial charge in [-0.25, -0.2) is 13.6 Å². The van der Waals surface area contributed by atoms with Gasteiger partial charge in [0.05, 0.1) is 20.1 Å². The van der Waals surface area contributed by atoms with Crippen LogP contribution in [0.2, 0.25) is 0 Å². The van der Waals surface area contributed by atoms with Crippen LogP contribution in [-0.4, -0.2) is 38.9 Å². The third kappa shape index (κ3) is 4.78. The van der Waals surface area contributed by atoms with Gasteiger partial charge in [-0.05, 0) is 24.6 Å². The van der Waals surface area contributed by atoms with E-state index in [9.17, 15) is 18.4 Å². The van der Waals surface area contributed by atoms with E-state index in [1.165, 1.54) is 14.0 Å². The molecule has 0 N–H and O–H groups in total. The van der Waals surface area contributed by atoms with Crippen molar-refractivity contribution in [3.8, 4) is 0 Å². The van der Waals surface area contributed by atoms with Crippen LogP contribution in [0.4, 0.5) is 8.78 Å². The minimum absolute atomic E-state index is 0.136. The van der Waals surface area contributed by atoms with Gasteiger partial charge in [-0.1, -0.05) is 0 Å². The zero-order chi connectivity index (χ0) is 16.0. The Morgan fingerprint density at radius 2 is 1.86 bits per heavy atom. The highest BCUT2D eigenvalue weighted by Crippen LogP contribution is 2.15. The van der Waals surface area contributed by atoms with Gasteiger partial charge < -0.3 is 14.2 Å². The summed E-state index contributed by atoms with van der Waals surface area (Å²) in [4.78, 5) is 23.0. The Labute approximate surface area is 120 Å². The lowest BCUT2D eigenvalue weighted by Gasteiger charge is -2.15. The molecule has 0 fully saturated rings. The summed E-state index contributed by atoms with van der Waals surface area (Å²) in [6, 6.07) is 1.92. The fourth-order valence-electron chi connectivity index (χ4n) is 1.61. The summed E-state index contributed by atoms with van der Waals surface area (Å²) in [5, 5.41) is 0. The Morgan fingerprint density at radius 3 is 2.43 bits per heavy atom. The molecule has 0 aromatic heterocycles.